The predicted octanol–water partition coefficient (Wildman–Crippen LogP) is 3.15. The minimum atomic E-state index is 0.853. The summed E-state index contributed by atoms with van der Waals surface area (Å²) in [7, 11) is 2.26. The van der Waals surface area contributed by atoms with Crippen molar-refractivity contribution in [2.45, 2.75) is 46.0 Å². The Hall–Kier alpha value is -0.0400. The topological polar surface area (TPSA) is 3.24 Å². The Kier molecular flexibility index (Phi) is 4.79. The van der Waals surface area contributed by atoms with E-state index in [1.165, 1.54) is 45.2 Å². The van der Waals surface area contributed by atoms with Gasteiger partial charge in [0.2, 0.25) is 0 Å². The van der Waals surface area contributed by atoms with Crippen LogP contribution in [0.25, 0.3) is 0 Å². The van der Waals surface area contributed by atoms with Gasteiger partial charge in [-0.15, -0.1) is 0 Å². The van der Waals surface area contributed by atoms with Gasteiger partial charge in [0.05, 0.1) is 0 Å². The average molecular weight is 183 g/mol. The zero-order chi connectivity index (χ0) is 9.68. The minimum absolute atomic E-state index is 0.853. The van der Waals surface area contributed by atoms with Gasteiger partial charge in [0.15, 0.2) is 0 Å². The summed E-state index contributed by atoms with van der Waals surface area (Å²) in [6.45, 7) is 7.21. The van der Waals surface area contributed by atoms with Crippen LogP contribution in [0.5, 0.6) is 0 Å². The SMILES string of the molecule is CC(C)CCN(C)CCC1CCC1. The molecule has 0 aromatic carbocycles. The lowest BCUT2D eigenvalue weighted by Crippen LogP contribution is -2.25. The second-order valence-electron chi connectivity index (χ2n) is 5.07. The lowest BCUT2D eigenvalue weighted by atomic mass is 9.83. The van der Waals surface area contributed by atoms with E-state index in [1.54, 1.807) is 0 Å². The molecule has 0 aromatic heterocycles. The molecule has 1 rings (SSSR count). The number of rotatable bonds is 6. The highest BCUT2D eigenvalue weighted by molar-refractivity contribution is 4.70. The maximum atomic E-state index is 2.50. The van der Waals surface area contributed by atoms with Gasteiger partial charge in [0.1, 0.15) is 0 Å². The third-order valence-corrected chi connectivity index (χ3v) is 3.23. The Labute approximate surface area is 83.5 Å². The maximum absolute atomic E-state index is 2.50. The van der Waals surface area contributed by atoms with Crippen LogP contribution >= 0.6 is 0 Å². The monoisotopic (exact) mass is 183 g/mol. The summed E-state index contributed by atoms with van der Waals surface area (Å²) in [5.41, 5.74) is 0. The van der Waals surface area contributed by atoms with Crippen molar-refractivity contribution in [3.63, 3.8) is 0 Å². The molecule has 1 fully saturated rings. The van der Waals surface area contributed by atoms with Crippen LogP contribution in [0.1, 0.15) is 46.0 Å². The van der Waals surface area contributed by atoms with Crippen molar-refractivity contribution in [3.8, 4) is 0 Å². The molecule has 0 amide bonds. The second-order valence-corrected chi connectivity index (χ2v) is 5.07. The summed E-state index contributed by atoms with van der Waals surface area (Å²) in [6, 6.07) is 0. The molecule has 0 saturated heterocycles. The zero-order valence-electron chi connectivity index (χ0n) is 9.55. The molecule has 0 spiro atoms. The predicted molar refractivity (Wildman–Crippen MR) is 58.9 cm³/mol. The van der Waals surface area contributed by atoms with Crippen molar-refractivity contribution in [1.29, 1.82) is 0 Å². The number of hydrogen-bond donors (Lipinski definition) is 0. The molecule has 1 saturated carbocycles. The summed E-state index contributed by atoms with van der Waals surface area (Å²) < 4.78 is 0. The van der Waals surface area contributed by atoms with E-state index in [9.17, 15) is 0 Å². The normalized spacial score (nSPS) is 18.2. The first-order valence-electron chi connectivity index (χ1n) is 5.87. The van der Waals surface area contributed by atoms with Gasteiger partial charge in [-0.05, 0) is 44.8 Å². The fourth-order valence-electron chi connectivity index (χ4n) is 1.77. The third-order valence-electron chi connectivity index (χ3n) is 3.23. The zero-order valence-corrected chi connectivity index (χ0v) is 9.55. The van der Waals surface area contributed by atoms with Gasteiger partial charge in [-0.3, -0.25) is 0 Å². The highest BCUT2D eigenvalue weighted by Crippen LogP contribution is 2.29. The van der Waals surface area contributed by atoms with E-state index in [2.05, 4.69) is 25.8 Å². The summed E-state index contributed by atoms with van der Waals surface area (Å²) in [4.78, 5) is 2.50. The molecule has 0 aliphatic heterocycles. The molecule has 13 heavy (non-hydrogen) atoms. The molecule has 0 radical (unpaired) electrons. The van der Waals surface area contributed by atoms with E-state index in [4.69, 9.17) is 0 Å². The van der Waals surface area contributed by atoms with Crippen LogP contribution in [-0.4, -0.2) is 25.0 Å². The largest absolute Gasteiger partial charge is 0.306 e. The van der Waals surface area contributed by atoms with E-state index < -0.39 is 0 Å². The van der Waals surface area contributed by atoms with Gasteiger partial charge in [0, 0.05) is 0 Å². The standard InChI is InChI=1S/C12H25N/c1-11(2)7-9-13(3)10-8-12-5-4-6-12/h11-12H,4-10H2,1-3H3. The van der Waals surface area contributed by atoms with Crippen molar-refractivity contribution in [2.75, 3.05) is 20.1 Å². The van der Waals surface area contributed by atoms with Crippen molar-refractivity contribution in [3.05, 3.63) is 0 Å². The highest BCUT2D eigenvalue weighted by atomic mass is 15.1. The Balaban J connectivity index is 1.93. The average Bonchev–Trinajstić information content (AvgIpc) is 1.98. The Morgan fingerprint density at radius 1 is 1.23 bits per heavy atom. The Bertz CT molecular complexity index is 127. The van der Waals surface area contributed by atoms with E-state index in [-0.39, 0.29) is 0 Å². The highest BCUT2D eigenvalue weighted by Gasteiger charge is 2.17. The fourth-order valence-corrected chi connectivity index (χ4v) is 1.77. The van der Waals surface area contributed by atoms with Crippen LogP contribution in [0.4, 0.5) is 0 Å². The van der Waals surface area contributed by atoms with Crippen molar-refractivity contribution in [1.82, 2.24) is 4.90 Å². The summed E-state index contributed by atoms with van der Waals surface area (Å²) in [6.07, 6.45) is 7.27. The van der Waals surface area contributed by atoms with Gasteiger partial charge < -0.3 is 4.90 Å². The molecule has 78 valence electrons. The summed E-state index contributed by atoms with van der Waals surface area (Å²) in [5, 5.41) is 0. The van der Waals surface area contributed by atoms with Crippen molar-refractivity contribution in [2.24, 2.45) is 11.8 Å². The van der Waals surface area contributed by atoms with Crippen LogP contribution < -0.4 is 0 Å². The molecule has 1 heteroatoms. The first-order chi connectivity index (χ1) is 6.18. The second kappa shape index (κ2) is 5.64. The first-order valence-corrected chi connectivity index (χ1v) is 5.87. The van der Waals surface area contributed by atoms with Gasteiger partial charge in [-0.1, -0.05) is 33.1 Å². The van der Waals surface area contributed by atoms with Crippen LogP contribution in [0.2, 0.25) is 0 Å². The van der Waals surface area contributed by atoms with Crippen LogP contribution in [0.3, 0.4) is 0 Å². The summed E-state index contributed by atoms with van der Waals surface area (Å²) >= 11 is 0. The molecule has 0 atom stereocenters. The molecular formula is C12H25N. The minimum Gasteiger partial charge on any atom is -0.306 e. The molecule has 0 aromatic rings. The molecule has 0 bridgehead atoms. The Morgan fingerprint density at radius 3 is 2.38 bits per heavy atom. The lowest BCUT2D eigenvalue weighted by molar-refractivity contribution is 0.232. The van der Waals surface area contributed by atoms with E-state index in [0.717, 1.165) is 11.8 Å². The smallest absolute Gasteiger partial charge is 0.00191 e. The maximum Gasteiger partial charge on any atom is -0.00191 e. The molecule has 0 unspecified atom stereocenters. The van der Waals surface area contributed by atoms with Gasteiger partial charge in [-0.2, -0.15) is 0 Å². The first kappa shape index (κ1) is 11.0. The van der Waals surface area contributed by atoms with Gasteiger partial charge in [-0.25, -0.2) is 0 Å². The van der Waals surface area contributed by atoms with Crippen molar-refractivity contribution >= 4 is 0 Å². The molecule has 1 nitrogen and oxygen atoms in total. The molecule has 1 aliphatic rings. The lowest BCUT2D eigenvalue weighted by Gasteiger charge is -2.27. The molecular weight excluding hydrogens is 158 g/mol. The van der Waals surface area contributed by atoms with Crippen molar-refractivity contribution < 1.29 is 0 Å². The molecule has 0 N–H and O–H groups in total. The van der Waals surface area contributed by atoms with E-state index >= 15 is 0 Å². The van der Waals surface area contributed by atoms with Gasteiger partial charge >= 0.3 is 0 Å². The Morgan fingerprint density at radius 2 is 1.92 bits per heavy atom. The van der Waals surface area contributed by atoms with E-state index in [1.807, 2.05) is 0 Å². The molecule has 1 aliphatic carbocycles. The fraction of sp³-hybridized carbons (Fsp3) is 1.00. The van der Waals surface area contributed by atoms with Gasteiger partial charge in [0.25, 0.3) is 0 Å². The number of nitrogens with zero attached hydrogens (tertiary/aromatic N) is 1. The van der Waals surface area contributed by atoms with E-state index in [0.29, 0.717) is 0 Å². The molecule has 0 heterocycles. The quantitative estimate of drug-likeness (QED) is 0.611. The third kappa shape index (κ3) is 4.66. The van der Waals surface area contributed by atoms with Crippen LogP contribution in [-0.2, 0) is 0 Å². The number of hydrogen-bond acceptors (Lipinski definition) is 1. The van der Waals surface area contributed by atoms with Crippen LogP contribution in [0.15, 0.2) is 0 Å². The summed E-state index contributed by atoms with van der Waals surface area (Å²) in [5.74, 6) is 1.92. The van der Waals surface area contributed by atoms with Crippen LogP contribution in [0, 0.1) is 11.8 Å².